The standard InChI is InChI=1S/C16H23BrN2O.ClH/c1-11-9-13(3-5-14(11)17)4-6-16(20)19-15-7-8-18-10-12(15)2;/h3,5,9,12,15,18H,4,6-8,10H2,1-2H3,(H,19,20);1H. The van der Waals surface area contributed by atoms with Gasteiger partial charge in [-0.25, -0.2) is 0 Å². The minimum absolute atomic E-state index is 0. The Kier molecular flexibility index (Phi) is 7.71. The van der Waals surface area contributed by atoms with Gasteiger partial charge >= 0.3 is 0 Å². The first-order valence-corrected chi connectivity index (χ1v) is 8.10. The summed E-state index contributed by atoms with van der Waals surface area (Å²) < 4.78 is 1.12. The normalized spacial score (nSPS) is 21.5. The summed E-state index contributed by atoms with van der Waals surface area (Å²) in [5.41, 5.74) is 2.44. The Morgan fingerprint density at radius 2 is 2.24 bits per heavy atom. The quantitative estimate of drug-likeness (QED) is 0.848. The zero-order valence-corrected chi connectivity index (χ0v) is 15.0. The van der Waals surface area contributed by atoms with Crippen LogP contribution >= 0.6 is 28.3 Å². The van der Waals surface area contributed by atoms with Gasteiger partial charge in [0.05, 0.1) is 0 Å². The Balaban J connectivity index is 0.00000220. The number of rotatable bonds is 4. The fourth-order valence-electron chi connectivity index (χ4n) is 2.63. The van der Waals surface area contributed by atoms with Crippen molar-refractivity contribution in [3.8, 4) is 0 Å². The van der Waals surface area contributed by atoms with Crippen LogP contribution in [0.1, 0.15) is 30.9 Å². The summed E-state index contributed by atoms with van der Waals surface area (Å²) in [5.74, 6) is 0.687. The van der Waals surface area contributed by atoms with Crippen LogP contribution in [-0.2, 0) is 11.2 Å². The van der Waals surface area contributed by atoms with Crippen molar-refractivity contribution in [3.63, 3.8) is 0 Å². The Bertz CT molecular complexity index is 481. The average Bonchev–Trinajstić information content (AvgIpc) is 2.43. The predicted molar refractivity (Wildman–Crippen MR) is 93.0 cm³/mol. The van der Waals surface area contributed by atoms with E-state index in [0.717, 1.165) is 30.4 Å². The van der Waals surface area contributed by atoms with Gasteiger partial charge in [-0.2, -0.15) is 0 Å². The van der Waals surface area contributed by atoms with Crippen LogP contribution in [0.4, 0.5) is 0 Å². The SMILES string of the molecule is Cc1cc(CCC(=O)NC2CCNCC2C)ccc1Br.Cl. The van der Waals surface area contributed by atoms with Crippen molar-refractivity contribution in [2.45, 2.75) is 39.2 Å². The van der Waals surface area contributed by atoms with Gasteiger partial charge in [0.1, 0.15) is 0 Å². The summed E-state index contributed by atoms with van der Waals surface area (Å²) in [7, 11) is 0. The maximum atomic E-state index is 12.0. The fraction of sp³-hybridized carbons (Fsp3) is 0.562. The number of carbonyl (C=O) groups is 1. The molecule has 1 aromatic rings. The molecule has 5 heteroatoms. The minimum atomic E-state index is 0. The molecule has 1 fully saturated rings. The highest BCUT2D eigenvalue weighted by molar-refractivity contribution is 9.10. The van der Waals surface area contributed by atoms with Crippen LogP contribution in [-0.4, -0.2) is 25.0 Å². The predicted octanol–water partition coefficient (Wildman–Crippen LogP) is 3.23. The lowest BCUT2D eigenvalue weighted by molar-refractivity contribution is -0.122. The Morgan fingerprint density at radius 1 is 1.48 bits per heavy atom. The summed E-state index contributed by atoms with van der Waals surface area (Å²) in [4.78, 5) is 12.0. The number of amides is 1. The molecule has 21 heavy (non-hydrogen) atoms. The third-order valence-electron chi connectivity index (χ3n) is 3.99. The molecule has 0 bridgehead atoms. The molecule has 1 heterocycles. The van der Waals surface area contributed by atoms with Gasteiger partial charge in [0.15, 0.2) is 0 Å². The highest BCUT2D eigenvalue weighted by Crippen LogP contribution is 2.18. The van der Waals surface area contributed by atoms with Gasteiger partial charge in [-0.1, -0.05) is 35.0 Å². The second kappa shape index (κ2) is 8.76. The summed E-state index contributed by atoms with van der Waals surface area (Å²) in [6.07, 6.45) is 2.40. The molecule has 2 atom stereocenters. The number of nitrogens with one attached hydrogen (secondary N) is 2. The second-order valence-electron chi connectivity index (χ2n) is 5.73. The summed E-state index contributed by atoms with van der Waals surface area (Å²) in [6, 6.07) is 6.61. The zero-order valence-electron chi connectivity index (χ0n) is 12.6. The second-order valence-corrected chi connectivity index (χ2v) is 6.58. The van der Waals surface area contributed by atoms with E-state index in [9.17, 15) is 4.79 Å². The number of aryl methyl sites for hydroxylation is 2. The van der Waals surface area contributed by atoms with Crippen LogP contribution in [0.3, 0.4) is 0 Å². The first-order chi connectivity index (χ1) is 9.56. The number of halogens is 2. The van der Waals surface area contributed by atoms with Gasteiger partial charge in [0, 0.05) is 16.9 Å². The Morgan fingerprint density at radius 3 is 2.90 bits per heavy atom. The minimum Gasteiger partial charge on any atom is -0.353 e. The maximum Gasteiger partial charge on any atom is 0.220 e. The van der Waals surface area contributed by atoms with Crippen molar-refractivity contribution in [1.82, 2.24) is 10.6 Å². The van der Waals surface area contributed by atoms with Crippen LogP contribution in [0.25, 0.3) is 0 Å². The highest BCUT2D eigenvalue weighted by Gasteiger charge is 2.22. The van der Waals surface area contributed by atoms with E-state index in [-0.39, 0.29) is 18.3 Å². The zero-order chi connectivity index (χ0) is 14.5. The molecule has 0 saturated carbocycles. The molecule has 1 aliphatic rings. The van der Waals surface area contributed by atoms with E-state index in [1.54, 1.807) is 0 Å². The van der Waals surface area contributed by atoms with Gasteiger partial charge in [0.2, 0.25) is 5.91 Å². The number of piperidine rings is 1. The van der Waals surface area contributed by atoms with Gasteiger partial charge in [0.25, 0.3) is 0 Å². The largest absolute Gasteiger partial charge is 0.353 e. The fourth-order valence-corrected chi connectivity index (χ4v) is 2.87. The molecule has 0 spiro atoms. The lowest BCUT2D eigenvalue weighted by Gasteiger charge is -2.30. The number of hydrogen-bond donors (Lipinski definition) is 2. The molecule has 1 saturated heterocycles. The van der Waals surface area contributed by atoms with Crippen LogP contribution in [0.5, 0.6) is 0 Å². The molecule has 118 valence electrons. The summed E-state index contributed by atoms with van der Waals surface area (Å²) in [5, 5.41) is 6.53. The van der Waals surface area contributed by atoms with E-state index in [1.807, 2.05) is 0 Å². The van der Waals surface area contributed by atoms with Crippen molar-refractivity contribution >= 4 is 34.2 Å². The molecule has 0 aromatic heterocycles. The Hall–Kier alpha value is -0.580. The molecule has 1 aliphatic heterocycles. The molecular weight excluding hydrogens is 352 g/mol. The van der Waals surface area contributed by atoms with Gasteiger partial charge in [-0.15, -0.1) is 12.4 Å². The van der Waals surface area contributed by atoms with Crippen molar-refractivity contribution in [2.75, 3.05) is 13.1 Å². The molecule has 0 aliphatic carbocycles. The van der Waals surface area contributed by atoms with Crippen molar-refractivity contribution in [1.29, 1.82) is 0 Å². The van der Waals surface area contributed by atoms with Crippen LogP contribution < -0.4 is 10.6 Å². The van der Waals surface area contributed by atoms with Crippen molar-refractivity contribution < 1.29 is 4.79 Å². The molecule has 2 unspecified atom stereocenters. The summed E-state index contributed by atoms with van der Waals surface area (Å²) >= 11 is 3.50. The first-order valence-electron chi connectivity index (χ1n) is 7.31. The number of benzene rings is 1. The molecule has 3 nitrogen and oxygen atoms in total. The molecule has 1 aromatic carbocycles. The third kappa shape index (κ3) is 5.61. The Labute approximate surface area is 141 Å². The highest BCUT2D eigenvalue weighted by atomic mass is 79.9. The van der Waals surface area contributed by atoms with E-state index < -0.39 is 0 Å². The van der Waals surface area contributed by atoms with E-state index in [0.29, 0.717) is 18.4 Å². The maximum absolute atomic E-state index is 12.0. The smallest absolute Gasteiger partial charge is 0.220 e. The van der Waals surface area contributed by atoms with Gasteiger partial charge in [-0.3, -0.25) is 4.79 Å². The lowest BCUT2D eigenvalue weighted by Crippen LogP contribution is -2.48. The monoisotopic (exact) mass is 374 g/mol. The number of hydrogen-bond acceptors (Lipinski definition) is 2. The van der Waals surface area contributed by atoms with Gasteiger partial charge in [-0.05, 0) is 56.0 Å². The molecule has 1 amide bonds. The molecule has 0 radical (unpaired) electrons. The van der Waals surface area contributed by atoms with Crippen LogP contribution in [0, 0.1) is 12.8 Å². The van der Waals surface area contributed by atoms with E-state index >= 15 is 0 Å². The van der Waals surface area contributed by atoms with Gasteiger partial charge < -0.3 is 10.6 Å². The van der Waals surface area contributed by atoms with E-state index in [4.69, 9.17) is 0 Å². The molecule has 2 N–H and O–H groups in total. The van der Waals surface area contributed by atoms with Crippen molar-refractivity contribution in [3.05, 3.63) is 33.8 Å². The lowest BCUT2D eigenvalue weighted by atomic mass is 9.95. The van der Waals surface area contributed by atoms with E-state index in [1.165, 1.54) is 11.1 Å². The van der Waals surface area contributed by atoms with Crippen molar-refractivity contribution in [2.24, 2.45) is 5.92 Å². The first kappa shape index (κ1) is 18.5. The third-order valence-corrected chi connectivity index (χ3v) is 4.88. The number of carbonyl (C=O) groups excluding carboxylic acids is 1. The molecular formula is C16H24BrClN2O. The van der Waals surface area contributed by atoms with Crippen LogP contribution in [0.2, 0.25) is 0 Å². The van der Waals surface area contributed by atoms with E-state index in [2.05, 4.69) is 58.6 Å². The molecule has 2 rings (SSSR count). The average molecular weight is 376 g/mol. The van der Waals surface area contributed by atoms with Crippen LogP contribution in [0.15, 0.2) is 22.7 Å². The topological polar surface area (TPSA) is 41.1 Å². The summed E-state index contributed by atoms with van der Waals surface area (Å²) in [6.45, 7) is 6.26.